The minimum Gasteiger partial charge on any atom is -0.269 e. The molecule has 0 saturated carbocycles. The average Bonchev–Trinajstić information content (AvgIpc) is 2.74. The second kappa shape index (κ2) is 3.83. The minimum atomic E-state index is -0.299. The van der Waals surface area contributed by atoms with Gasteiger partial charge in [0, 0.05) is 17.0 Å². The Kier molecular flexibility index (Phi) is 2.63. The normalized spacial score (nSPS) is 16.2. The summed E-state index contributed by atoms with van der Waals surface area (Å²) in [6, 6.07) is 0. The van der Waals surface area contributed by atoms with Crippen LogP contribution in [0.2, 0.25) is 0 Å². The monoisotopic (exact) mass is 236 g/mol. The van der Waals surface area contributed by atoms with Crippen LogP contribution in [0.4, 0.5) is 5.13 Å². The van der Waals surface area contributed by atoms with Gasteiger partial charge in [-0.1, -0.05) is 13.8 Å². The molecule has 2 rings (SSSR count). The highest BCUT2D eigenvalue weighted by Gasteiger charge is 2.31. The molecule has 5 heteroatoms. The minimum absolute atomic E-state index is 0.269. The summed E-state index contributed by atoms with van der Waals surface area (Å²) in [5.74, 6) is -0.270. The van der Waals surface area contributed by atoms with E-state index in [9.17, 15) is 9.59 Å². The van der Waals surface area contributed by atoms with E-state index in [2.05, 4.69) is 4.98 Å². The number of hydrogen-bond donors (Lipinski definition) is 0. The maximum Gasteiger partial charge on any atom is 0.263 e. The van der Waals surface area contributed by atoms with E-state index in [1.807, 2.05) is 19.2 Å². The standard InChI is InChI=1S/C11H12N2O2S/c1-6(2)8-5-16-11(12-8)13-9(14)4-7(3)10(13)15/h4-6H,1-3H3. The zero-order chi connectivity index (χ0) is 11.9. The van der Waals surface area contributed by atoms with E-state index >= 15 is 0 Å². The van der Waals surface area contributed by atoms with E-state index in [-0.39, 0.29) is 11.8 Å². The molecule has 84 valence electrons. The zero-order valence-electron chi connectivity index (χ0n) is 9.35. The highest BCUT2D eigenvalue weighted by atomic mass is 32.1. The molecule has 1 aliphatic rings. The summed E-state index contributed by atoms with van der Waals surface area (Å²) in [6.07, 6.45) is 1.35. The molecule has 0 spiro atoms. The van der Waals surface area contributed by atoms with Gasteiger partial charge in [-0.25, -0.2) is 9.88 Å². The van der Waals surface area contributed by atoms with Crippen molar-refractivity contribution in [2.75, 3.05) is 4.90 Å². The van der Waals surface area contributed by atoms with Crippen molar-refractivity contribution in [1.82, 2.24) is 4.98 Å². The zero-order valence-corrected chi connectivity index (χ0v) is 10.2. The van der Waals surface area contributed by atoms with Gasteiger partial charge in [0.1, 0.15) is 0 Å². The van der Waals surface area contributed by atoms with E-state index in [1.54, 1.807) is 6.92 Å². The Labute approximate surface area is 97.6 Å². The third-order valence-electron chi connectivity index (χ3n) is 2.39. The number of thiazole rings is 1. The fourth-order valence-electron chi connectivity index (χ4n) is 1.41. The number of aromatic nitrogens is 1. The van der Waals surface area contributed by atoms with Crippen molar-refractivity contribution in [3.05, 3.63) is 22.7 Å². The van der Waals surface area contributed by atoms with Crippen molar-refractivity contribution >= 4 is 28.3 Å². The van der Waals surface area contributed by atoms with Crippen molar-refractivity contribution in [2.45, 2.75) is 26.7 Å². The molecule has 0 atom stereocenters. The Bertz CT molecular complexity index is 488. The lowest BCUT2D eigenvalue weighted by atomic mass is 10.2. The van der Waals surface area contributed by atoms with Crippen LogP contribution in [-0.2, 0) is 9.59 Å². The Morgan fingerprint density at radius 1 is 1.38 bits per heavy atom. The molecule has 2 amide bonds. The van der Waals surface area contributed by atoms with Gasteiger partial charge in [-0.2, -0.15) is 0 Å². The van der Waals surface area contributed by atoms with Gasteiger partial charge in [-0.15, -0.1) is 11.3 Å². The van der Waals surface area contributed by atoms with Gasteiger partial charge in [-0.3, -0.25) is 9.59 Å². The summed E-state index contributed by atoms with van der Waals surface area (Å²) in [5.41, 5.74) is 1.37. The molecular formula is C11H12N2O2S. The summed E-state index contributed by atoms with van der Waals surface area (Å²) in [5, 5.41) is 2.35. The van der Waals surface area contributed by atoms with Crippen LogP contribution in [-0.4, -0.2) is 16.8 Å². The van der Waals surface area contributed by atoms with Crippen LogP contribution in [0, 0.1) is 0 Å². The number of hydrogen-bond acceptors (Lipinski definition) is 4. The molecule has 0 fully saturated rings. The van der Waals surface area contributed by atoms with E-state index < -0.39 is 0 Å². The second-order valence-electron chi connectivity index (χ2n) is 4.02. The summed E-state index contributed by atoms with van der Waals surface area (Å²) in [4.78, 5) is 28.7. The lowest BCUT2D eigenvalue weighted by molar-refractivity contribution is -0.120. The topological polar surface area (TPSA) is 50.3 Å². The quantitative estimate of drug-likeness (QED) is 0.739. The van der Waals surface area contributed by atoms with Crippen LogP contribution in [0.1, 0.15) is 32.4 Å². The first-order chi connectivity index (χ1) is 7.50. The summed E-state index contributed by atoms with van der Waals surface area (Å²) in [6.45, 7) is 5.68. The molecule has 4 nitrogen and oxygen atoms in total. The lowest BCUT2D eigenvalue weighted by Crippen LogP contribution is -2.30. The summed E-state index contributed by atoms with van der Waals surface area (Å²) in [7, 11) is 0. The predicted octanol–water partition coefficient (Wildman–Crippen LogP) is 2.09. The first-order valence-corrected chi connectivity index (χ1v) is 5.91. The van der Waals surface area contributed by atoms with E-state index in [4.69, 9.17) is 0 Å². The van der Waals surface area contributed by atoms with Crippen molar-refractivity contribution in [3.63, 3.8) is 0 Å². The number of imide groups is 1. The first kappa shape index (κ1) is 11.0. The number of nitrogens with zero attached hydrogens (tertiary/aromatic N) is 2. The fraction of sp³-hybridized carbons (Fsp3) is 0.364. The van der Waals surface area contributed by atoms with E-state index in [1.165, 1.54) is 17.4 Å². The van der Waals surface area contributed by atoms with Crippen LogP contribution >= 0.6 is 11.3 Å². The Morgan fingerprint density at radius 3 is 2.50 bits per heavy atom. The molecule has 0 unspecified atom stereocenters. The highest BCUT2D eigenvalue weighted by Crippen LogP contribution is 2.28. The second-order valence-corrected chi connectivity index (χ2v) is 4.85. The van der Waals surface area contributed by atoms with Crippen LogP contribution in [0.3, 0.4) is 0 Å². The molecule has 1 aromatic rings. The molecule has 1 aliphatic heterocycles. The van der Waals surface area contributed by atoms with Crippen molar-refractivity contribution in [2.24, 2.45) is 0 Å². The molecule has 1 aromatic heterocycles. The Balaban J connectivity index is 2.32. The highest BCUT2D eigenvalue weighted by molar-refractivity contribution is 7.14. The van der Waals surface area contributed by atoms with Crippen molar-refractivity contribution in [3.8, 4) is 0 Å². The predicted molar refractivity (Wildman–Crippen MR) is 62.5 cm³/mol. The van der Waals surface area contributed by atoms with Gasteiger partial charge in [-0.05, 0) is 12.8 Å². The smallest absolute Gasteiger partial charge is 0.263 e. The largest absolute Gasteiger partial charge is 0.269 e. The molecule has 0 N–H and O–H groups in total. The molecular weight excluding hydrogens is 224 g/mol. The molecule has 0 radical (unpaired) electrons. The average molecular weight is 236 g/mol. The molecule has 0 aromatic carbocycles. The van der Waals surface area contributed by atoms with Gasteiger partial charge in [0.2, 0.25) is 0 Å². The number of amides is 2. The maximum atomic E-state index is 11.7. The summed E-state index contributed by atoms with van der Waals surface area (Å²) >= 11 is 1.32. The third kappa shape index (κ3) is 1.67. The molecule has 2 heterocycles. The van der Waals surface area contributed by atoms with Gasteiger partial charge in [0.15, 0.2) is 5.13 Å². The van der Waals surface area contributed by atoms with Crippen LogP contribution in [0.5, 0.6) is 0 Å². The number of rotatable bonds is 2. The van der Waals surface area contributed by atoms with Crippen LogP contribution in [0.15, 0.2) is 17.0 Å². The maximum absolute atomic E-state index is 11.7. The Hall–Kier alpha value is -1.49. The van der Waals surface area contributed by atoms with E-state index in [0.717, 1.165) is 10.6 Å². The van der Waals surface area contributed by atoms with Crippen molar-refractivity contribution < 1.29 is 9.59 Å². The van der Waals surface area contributed by atoms with Crippen LogP contribution < -0.4 is 4.90 Å². The summed E-state index contributed by atoms with van der Waals surface area (Å²) < 4.78 is 0. The number of anilines is 1. The molecule has 0 bridgehead atoms. The molecule has 0 saturated heterocycles. The van der Waals surface area contributed by atoms with Crippen LogP contribution in [0.25, 0.3) is 0 Å². The number of carbonyl (C=O) groups is 2. The third-order valence-corrected chi connectivity index (χ3v) is 3.24. The SMILES string of the molecule is CC1=CC(=O)N(c2nc(C(C)C)cs2)C1=O. The van der Waals surface area contributed by atoms with Crippen molar-refractivity contribution in [1.29, 1.82) is 0 Å². The fourth-order valence-corrected chi connectivity index (χ4v) is 2.40. The lowest BCUT2D eigenvalue weighted by Gasteiger charge is -2.09. The van der Waals surface area contributed by atoms with E-state index in [0.29, 0.717) is 16.6 Å². The van der Waals surface area contributed by atoms with Gasteiger partial charge >= 0.3 is 0 Å². The van der Waals surface area contributed by atoms with Gasteiger partial charge < -0.3 is 0 Å². The molecule has 0 aliphatic carbocycles. The number of carbonyl (C=O) groups excluding carboxylic acids is 2. The molecule has 16 heavy (non-hydrogen) atoms. The Morgan fingerprint density at radius 2 is 2.06 bits per heavy atom. The van der Waals surface area contributed by atoms with Gasteiger partial charge in [0.25, 0.3) is 11.8 Å². The van der Waals surface area contributed by atoms with Gasteiger partial charge in [0.05, 0.1) is 5.69 Å². The first-order valence-electron chi connectivity index (χ1n) is 5.03.